The Morgan fingerprint density at radius 2 is 1.87 bits per heavy atom. The van der Waals surface area contributed by atoms with Gasteiger partial charge in [-0.05, 0) is 36.4 Å². The topological polar surface area (TPSA) is 69.6 Å². The van der Waals surface area contributed by atoms with Crippen LogP contribution in [0.25, 0.3) is 10.3 Å². The largest absolute Gasteiger partial charge is 0.344 e. The van der Waals surface area contributed by atoms with Gasteiger partial charge in [-0.3, -0.25) is 9.59 Å². The molecule has 0 spiro atoms. The molecule has 154 valence electrons. The van der Waals surface area contributed by atoms with Crippen LogP contribution in [-0.4, -0.2) is 59.4 Å². The number of carbonyl (C=O) groups is 2. The van der Waals surface area contributed by atoms with Crippen molar-refractivity contribution in [3.05, 3.63) is 47.6 Å². The van der Waals surface area contributed by atoms with Gasteiger partial charge in [0.25, 0.3) is 0 Å². The number of piperazine rings is 1. The molecule has 1 unspecified atom stereocenters. The van der Waals surface area contributed by atoms with E-state index in [4.69, 9.17) is 11.6 Å². The lowest BCUT2D eigenvalue weighted by Gasteiger charge is -2.35. The van der Waals surface area contributed by atoms with Gasteiger partial charge in [-0.2, -0.15) is 0 Å². The molecule has 5 rings (SSSR count). The fraction of sp³-hybridized carbons (Fsp3) is 0.333. The molecular weight excluding hydrogens is 422 g/mol. The molecule has 1 aromatic carbocycles. The van der Waals surface area contributed by atoms with E-state index in [1.54, 1.807) is 34.6 Å². The summed E-state index contributed by atoms with van der Waals surface area (Å²) in [4.78, 5) is 41.2. The van der Waals surface area contributed by atoms with Gasteiger partial charge in [0.05, 0.1) is 5.92 Å². The van der Waals surface area contributed by atoms with E-state index in [9.17, 15) is 9.59 Å². The fourth-order valence-corrected chi connectivity index (χ4v) is 5.10. The summed E-state index contributed by atoms with van der Waals surface area (Å²) in [6.07, 6.45) is 2.03. The summed E-state index contributed by atoms with van der Waals surface area (Å²) in [5, 5.41) is 1.57. The van der Waals surface area contributed by atoms with Crippen LogP contribution in [0.4, 0.5) is 10.8 Å². The normalized spacial score (nSPS) is 19.7. The Labute approximate surface area is 182 Å². The lowest BCUT2D eigenvalue weighted by Crippen LogP contribution is -2.50. The third-order valence-corrected chi connectivity index (χ3v) is 6.92. The highest BCUT2D eigenvalue weighted by Gasteiger charge is 2.38. The maximum absolute atomic E-state index is 13.0. The highest BCUT2D eigenvalue weighted by Crippen LogP contribution is 2.30. The average Bonchev–Trinajstić information content (AvgIpc) is 3.38. The minimum absolute atomic E-state index is 0.0173. The van der Waals surface area contributed by atoms with Crippen molar-refractivity contribution in [2.75, 3.05) is 42.5 Å². The van der Waals surface area contributed by atoms with Crippen LogP contribution in [-0.2, 0) is 9.59 Å². The Morgan fingerprint density at radius 3 is 2.60 bits per heavy atom. The summed E-state index contributed by atoms with van der Waals surface area (Å²) in [5.41, 5.74) is 1.69. The number of carbonyl (C=O) groups excluding carboxylic acids is 2. The predicted molar refractivity (Wildman–Crippen MR) is 118 cm³/mol. The zero-order valence-electron chi connectivity index (χ0n) is 16.2. The van der Waals surface area contributed by atoms with Crippen LogP contribution < -0.4 is 9.80 Å². The summed E-state index contributed by atoms with van der Waals surface area (Å²) in [6, 6.07) is 11.0. The van der Waals surface area contributed by atoms with Gasteiger partial charge < -0.3 is 14.7 Å². The third-order valence-electron chi connectivity index (χ3n) is 5.63. The maximum atomic E-state index is 13.0. The second kappa shape index (κ2) is 7.85. The standard InChI is InChI=1S/C21H20ClN5O2S/c22-15-3-5-16(6-4-15)27-13-14(12-18(27)28)20(29)25-8-10-26(11-9-25)21-24-17-2-1-7-23-19(17)30-21/h1-7,14H,8-13H2. The fourth-order valence-electron chi connectivity index (χ4n) is 4.01. The number of pyridine rings is 1. The van der Waals surface area contributed by atoms with Crippen LogP contribution in [0.5, 0.6) is 0 Å². The number of halogens is 1. The van der Waals surface area contributed by atoms with Crippen molar-refractivity contribution in [2.24, 2.45) is 5.92 Å². The van der Waals surface area contributed by atoms with E-state index in [0.717, 1.165) is 34.3 Å². The molecule has 0 saturated carbocycles. The zero-order valence-corrected chi connectivity index (χ0v) is 17.8. The summed E-state index contributed by atoms with van der Waals surface area (Å²) >= 11 is 7.52. The maximum Gasteiger partial charge on any atom is 0.228 e. The quantitative estimate of drug-likeness (QED) is 0.624. The number of aromatic nitrogens is 2. The Bertz CT molecular complexity index is 1060. The molecule has 0 radical (unpaired) electrons. The van der Waals surface area contributed by atoms with Crippen LogP contribution in [0, 0.1) is 5.92 Å². The Balaban J connectivity index is 1.21. The summed E-state index contributed by atoms with van der Waals surface area (Å²) in [7, 11) is 0. The van der Waals surface area contributed by atoms with Crippen LogP contribution in [0.2, 0.25) is 5.02 Å². The van der Waals surface area contributed by atoms with Gasteiger partial charge in [-0.15, -0.1) is 0 Å². The van der Waals surface area contributed by atoms with Gasteiger partial charge in [-0.1, -0.05) is 22.9 Å². The Morgan fingerprint density at radius 1 is 1.10 bits per heavy atom. The number of hydrogen-bond donors (Lipinski definition) is 0. The number of fused-ring (bicyclic) bond motifs is 1. The van der Waals surface area contributed by atoms with Gasteiger partial charge in [0.2, 0.25) is 11.8 Å². The minimum atomic E-state index is -0.300. The first-order valence-electron chi connectivity index (χ1n) is 9.90. The molecule has 2 aliphatic rings. The van der Waals surface area contributed by atoms with Crippen LogP contribution in [0.3, 0.4) is 0 Å². The second-order valence-corrected chi connectivity index (χ2v) is 8.91. The van der Waals surface area contributed by atoms with E-state index >= 15 is 0 Å². The molecule has 0 bridgehead atoms. The number of benzene rings is 1. The molecule has 2 saturated heterocycles. The zero-order chi connectivity index (χ0) is 20.7. The minimum Gasteiger partial charge on any atom is -0.344 e. The number of thiazole rings is 1. The summed E-state index contributed by atoms with van der Waals surface area (Å²) in [5.74, 6) is -0.256. The molecule has 9 heteroatoms. The van der Waals surface area contributed by atoms with Crippen LogP contribution >= 0.6 is 22.9 Å². The van der Waals surface area contributed by atoms with Gasteiger partial charge in [0, 0.05) is 56.1 Å². The molecule has 3 aromatic rings. The van der Waals surface area contributed by atoms with Gasteiger partial charge in [0.15, 0.2) is 5.13 Å². The SMILES string of the molecule is O=C(C1CC(=O)N(c2ccc(Cl)cc2)C1)N1CCN(c2nc3cccnc3s2)CC1. The van der Waals surface area contributed by atoms with E-state index in [2.05, 4.69) is 14.9 Å². The molecule has 30 heavy (non-hydrogen) atoms. The van der Waals surface area contributed by atoms with Crippen molar-refractivity contribution in [3.8, 4) is 0 Å². The van der Waals surface area contributed by atoms with E-state index in [1.165, 1.54) is 0 Å². The lowest BCUT2D eigenvalue weighted by molar-refractivity contribution is -0.136. The molecule has 1 atom stereocenters. The van der Waals surface area contributed by atoms with Crippen molar-refractivity contribution >= 4 is 55.9 Å². The van der Waals surface area contributed by atoms with Crippen molar-refractivity contribution < 1.29 is 9.59 Å². The first kappa shape index (κ1) is 19.3. The molecule has 2 fully saturated rings. The van der Waals surface area contributed by atoms with Gasteiger partial charge >= 0.3 is 0 Å². The number of rotatable bonds is 3. The number of nitrogens with zero attached hydrogens (tertiary/aromatic N) is 5. The molecule has 2 aliphatic heterocycles. The molecule has 4 heterocycles. The first-order valence-corrected chi connectivity index (χ1v) is 11.1. The monoisotopic (exact) mass is 441 g/mol. The van der Waals surface area contributed by atoms with E-state index in [-0.39, 0.29) is 24.2 Å². The van der Waals surface area contributed by atoms with E-state index < -0.39 is 0 Å². The summed E-state index contributed by atoms with van der Waals surface area (Å²) in [6.45, 7) is 3.14. The number of anilines is 2. The van der Waals surface area contributed by atoms with E-state index in [1.807, 2.05) is 29.2 Å². The first-order chi connectivity index (χ1) is 14.6. The van der Waals surface area contributed by atoms with Crippen LogP contribution in [0.1, 0.15) is 6.42 Å². The smallest absolute Gasteiger partial charge is 0.228 e. The van der Waals surface area contributed by atoms with Gasteiger partial charge in [-0.25, -0.2) is 9.97 Å². The van der Waals surface area contributed by atoms with Crippen molar-refractivity contribution in [3.63, 3.8) is 0 Å². The highest BCUT2D eigenvalue weighted by molar-refractivity contribution is 7.21. The van der Waals surface area contributed by atoms with Crippen molar-refractivity contribution in [1.82, 2.24) is 14.9 Å². The lowest BCUT2D eigenvalue weighted by atomic mass is 10.1. The van der Waals surface area contributed by atoms with Crippen LogP contribution in [0.15, 0.2) is 42.6 Å². The van der Waals surface area contributed by atoms with Crippen molar-refractivity contribution in [2.45, 2.75) is 6.42 Å². The predicted octanol–water partition coefficient (Wildman–Crippen LogP) is 3.05. The third kappa shape index (κ3) is 3.61. The second-order valence-electron chi connectivity index (χ2n) is 7.52. The highest BCUT2D eigenvalue weighted by atomic mass is 35.5. The molecular formula is C21H20ClN5O2S. The Kier molecular flexibility index (Phi) is 5.04. The summed E-state index contributed by atoms with van der Waals surface area (Å²) < 4.78 is 0. The molecule has 2 aromatic heterocycles. The molecule has 7 nitrogen and oxygen atoms in total. The number of hydrogen-bond acceptors (Lipinski definition) is 6. The molecule has 0 aliphatic carbocycles. The average molecular weight is 442 g/mol. The van der Waals surface area contributed by atoms with Crippen molar-refractivity contribution in [1.29, 1.82) is 0 Å². The Hall–Kier alpha value is -2.71. The van der Waals surface area contributed by atoms with Gasteiger partial charge in [0.1, 0.15) is 10.3 Å². The molecule has 0 N–H and O–H groups in total. The molecule has 2 amide bonds. The van der Waals surface area contributed by atoms with E-state index in [0.29, 0.717) is 24.7 Å². The number of amides is 2.